The molecule has 0 amide bonds. The normalized spacial score (nSPS) is 13.3. The van der Waals surface area contributed by atoms with Gasteiger partial charge in [0.05, 0.1) is 5.71 Å². The van der Waals surface area contributed by atoms with Gasteiger partial charge in [-0.05, 0) is 20.3 Å². The maximum Gasteiger partial charge on any atom is 0.172 e. The Morgan fingerprint density at radius 2 is 1.85 bits per heavy atom. The van der Waals surface area contributed by atoms with Gasteiger partial charge < -0.3 is 4.84 Å². The summed E-state index contributed by atoms with van der Waals surface area (Å²) in [5.41, 5.74) is 3.38. The van der Waals surface area contributed by atoms with Crippen LogP contribution in [0, 0.1) is 0 Å². The Hall–Kier alpha value is -2.30. The van der Waals surface area contributed by atoms with E-state index in [9.17, 15) is 4.79 Å². The highest BCUT2D eigenvalue weighted by molar-refractivity contribution is 6.38. The molecule has 1 rings (SSSR count). The SMILES string of the molecule is CC/C(C)=N/N=C(\C)c1ccccc1/C(C=O)=N\OC. The van der Waals surface area contributed by atoms with Crippen molar-refractivity contribution in [2.24, 2.45) is 15.4 Å². The van der Waals surface area contributed by atoms with E-state index in [4.69, 9.17) is 0 Å². The summed E-state index contributed by atoms with van der Waals surface area (Å²) in [6, 6.07) is 7.39. The number of aldehydes is 1. The van der Waals surface area contributed by atoms with Crippen LogP contribution >= 0.6 is 0 Å². The molecule has 106 valence electrons. The molecule has 0 aliphatic carbocycles. The molecule has 1 aromatic rings. The van der Waals surface area contributed by atoms with Crippen LogP contribution in [0.25, 0.3) is 0 Å². The predicted octanol–water partition coefficient (Wildman–Crippen LogP) is 2.83. The second-order valence-electron chi connectivity index (χ2n) is 4.20. The quantitative estimate of drug-likeness (QED) is 0.454. The number of oxime groups is 1. The van der Waals surface area contributed by atoms with Crippen molar-refractivity contribution in [1.29, 1.82) is 0 Å². The first-order valence-electron chi connectivity index (χ1n) is 6.37. The molecule has 5 nitrogen and oxygen atoms in total. The Bertz CT molecular complexity index is 560. The lowest BCUT2D eigenvalue weighted by molar-refractivity contribution is -0.102. The topological polar surface area (TPSA) is 63.4 Å². The second kappa shape index (κ2) is 7.99. The number of hydrogen-bond donors (Lipinski definition) is 0. The highest BCUT2D eigenvalue weighted by Gasteiger charge is 2.11. The molecule has 0 saturated carbocycles. The Morgan fingerprint density at radius 1 is 1.20 bits per heavy atom. The molecule has 0 atom stereocenters. The van der Waals surface area contributed by atoms with Crippen molar-refractivity contribution in [1.82, 2.24) is 0 Å². The average Bonchev–Trinajstić information content (AvgIpc) is 2.49. The zero-order valence-corrected chi connectivity index (χ0v) is 12.3. The number of hydrogen-bond acceptors (Lipinski definition) is 5. The Morgan fingerprint density at radius 3 is 2.40 bits per heavy atom. The maximum atomic E-state index is 11.1. The zero-order valence-electron chi connectivity index (χ0n) is 12.3. The second-order valence-corrected chi connectivity index (χ2v) is 4.20. The molecule has 0 unspecified atom stereocenters. The molecular weight excluding hydrogens is 254 g/mol. The Kier molecular flexibility index (Phi) is 6.29. The van der Waals surface area contributed by atoms with Crippen LogP contribution in [0.1, 0.15) is 38.3 Å². The third-order valence-electron chi connectivity index (χ3n) is 2.78. The first kappa shape index (κ1) is 15.8. The first-order valence-corrected chi connectivity index (χ1v) is 6.37. The minimum absolute atomic E-state index is 0.230. The van der Waals surface area contributed by atoms with Gasteiger partial charge in [0.15, 0.2) is 6.29 Å². The molecule has 0 heterocycles. The fraction of sp³-hybridized carbons (Fsp3) is 0.333. The monoisotopic (exact) mass is 273 g/mol. The lowest BCUT2D eigenvalue weighted by Gasteiger charge is -2.06. The zero-order chi connectivity index (χ0) is 15.0. The van der Waals surface area contributed by atoms with Crippen LogP contribution in [0.15, 0.2) is 39.6 Å². The summed E-state index contributed by atoms with van der Waals surface area (Å²) in [4.78, 5) is 15.8. The van der Waals surface area contributed by atoms with E-state index in [0.29, 0.717) is 11.8 Å². The van der Waals surface area contributed by atoms with E-state index < -0.39 is 0 Å². The van der Waals surface area contributed by atoms with Gasteiger partial charge in [0.25, 0.3) is 0 Å². The van der Waals surface area contributed by atoms with Crippen molar-refractivity contribution in [3.05, 3.63) is 35.4 Å². The fourth-order valence-electron chi connectivity index (χ4n) is 1.54. The number of nitrogens with zero attached hydrogens (tertiary/aromatic N) is 3. The van der Waals surface area contributed by atoms with Crippen molar-refractivity contribution in [3.63, 3.8) is 0 Å². The van der Waals surface area contributed by atoms with Crippen LogP contribution in [0.2, 0.25) is 0 Å². The Labute approximate surface area is 119 Å². The highest BCUT2D eigenvalue weighted by Crippen LogP contribution is 2.12. The molecule has 1 aromatic carbocycles. The van der Waals surface area contributed by atoms with Gasteiger partial charge in [0.2, 0.25) is 0 Å². The number of carbonyl (C=O) groups is 1. The smallest absolute Gasteiger partial charge is 0.172 e. The average molecular weight is 273 g/mol. The van der Waals surface area contributed by atoms with E-state index in [1.54, 1.807) is 6.07 Å². The summed E-state index contributed by atoms with van der Waals surface area (Å²) in [5, 5.41) is 12.1. The summed E-state index contributed by atoms with van der Waals surface area (Å²) >= 11 is 0. The van der Waals surface area contributed by atoms with E-state index in [1.165, 1.54) is 7.11 Å². The maximum absolute atomic E-state index is 11.1. The van der Waals surface area contributed by atoms with Gasteiger partial charge in [0, 0.05) is 16.8 Å². The lowest BCUT2D eigenvalue weighted by atomic mass is 10.0. The molecule has 0 radical (unpaired) electrons. The summed E-state index contributed by atoms with van der Waals surface area (Å²) in [6.45, 7) is 5.79. The van der Waals surface area contributed by atoms with Crippen LogP contribution in [0.4, 0.5) is 0 Å². The molecule has 20 heavy (non-hydrogen) atoms. The standard InChI is InChI=1S/C15H19N3O2/c1-5-11(2)16-17-12(3)13-8-6-7-9-14(13)15(10-19)18-20-4/h6-10H,5H2,1-4H3/b16-11+,17-12+,18-15-. The minimum atomic E-state index is 0.230. The van der Waals surface area contributed by atoms with Crippen LogP contribution in [-0.4, -0.2) is 30.5 Å². The molecule has 0 fully saturated rings. The lowest BCUT2D eigenvalue weighted by Crippen LogP contribution is -2.10. The van der Waals surface area contributed by atoms with Crippen molar-refractivity contribution < 1.29 is 9.63 Å². The number of carbonyl (C=O) groups excluding carboxylic acids is 1. The largest absolute Gasteiger partial charge is 0.399 e. The van der Waals surface area contributed by atoms with Gasteiger partial charge in [-0.1, -0.05) is 36.3 Å². The third-order valence-corrected chi connectivity index (χ3v) is 2.78. The van der Waals surface area contributed by atoms with E-state index in [2.05, 4.69) is 20.2 Å². The van der Waals surface area contributed by atoms with Crippen molar-refractivity contribution in [2.75, 3.05) is 7.11 Å². The summed E-state index contributed by atoms with van der Waals surface area (Å²) < 4.78 is 0. The van der Waals surface area contributed by atoms with E-state index in [1.807, 2.05) is 39.0 Å². The Balaban J connectivity index is 3.26. The van der Waals surface area contributed by atoms with Crippen LogP contribution < -0.4 is 0 Å². The summed E-state index contributed by atoms with van der Waals surface area (Å²) in [6.07, 6.45) is 1.51. The highest BCUT2D eigenvalue weighted by atomic mass is 16.6. The van der Waals surface area contributed by atoms with Crippen molar-refractivity contribution in [2.45, 2.75) is 27.2 Å². The number of benzene rings is 1. The van der Waals surface area contributed by atoms with Gasteiger partial charge in [0.1, 0.15) is 12.8 Å². The molecule has 0 aliphatic heterocycles. The van der Waals surface area contributed by atoms with Crippen LogP contribution in [0.3, 0.4) is 0 Å². The molecule has 0 N–H and O–H groups in total. The van der Waals surface area contributed by atoms with Gasteiger partial charge >= 0.3 is 0 Å². The minimum Gasteiger partial charge on any atom is -0.399 e. The van der Waals surface area contributed by atoms with Crippen molar-refractivity contribution >= 4 is 23.4 Å². The molecular formula is C15H19N3O2. The number of rotatable bonds is 6. The van der Waals surface area contributed by atoms with E-state index in [-0.39, 0.29) is 5.71 Å². The molecule has 0 bridgehead atoms. The fourth-order valence-corrected chi connectivity index (χ4v) is 1.54. The molecule has 0 spiro atoms. The van der Waals surface area contributed by atoms with Crippen LogP contribution in [-0.2, 0) is 9.63 Å². The summed E-state index contributed by atoms with van der Waals surface area (Å²) in [7, 11) is 1.40. The first-order chi connectivity index (χ1) is 9.63. The molecule has 0 saturated heterocycles. The van der Waals surface area contributed by atoms with Gasteiger partial charge in [-0.15, -0.1) is 0 Å². The van der Waals surface area contributed by atoms with Crippen molar-refractivity contribution in [3.8, 4) is 0 Å². The molecule has 0 aliphatic rings. The van der Waals surface area contributed by atoms with Crippen LogP contribution in [0.5, 0.6) is 0 Å². The summed E-state index contributed by atoms with van der Waals surface area (Å²) in [5.74, 6) is 0. The third kappa shape index (κ3) is 4.12. The molecule has 5 heteroatoms. The van der Waals surface area contributed by atoms with E-state index in [0.717, 1.165) is 23.4 Å². The van der Waals surface area contributed by atoms with Gasteiger partial charge in [-0.2, -0.15) is 10.2 Å². The van der Waals surface area contributed by atoms with Gasteiger partial charge in [-0.3, -0.25) is 4.79 Å². The van der Waals surface area contributed by atoms with E-state index >= 15 is 0 Å². The predicted molar refractivity (Wildman–Crippen MR) is 81.7 cm³/mol. The molecule has 0 aromatic heterocycles. The van der Waals surface area contributed by atoms with Gasteiger partial charge in [-0.25, -0.2) is 0 Å².